The molecule has 13 heteroatoms. The van der Waals surface area contributed by atoms with Crippen LogP contribution < -0.4 is 10.3 Å². The highest BCUT2D eigenvalue weighted by Crippen LogP contribution is 2.41. The summed E-state index contributed by atoms with van der Waals surface area (Å²) < 4.78 is 35.5. The Morgan fingerprint density at radius 3 is 2.41 bits per heavy atom. The number of piperazine rings is 1. The van der Waals surface area contributed by atoms with Crippen LogP contribution in [0.3, 0.4) is 0 Å². The van der Waals surface area contributed by atoms with Gasteiger partial charge in [-0.2, -0.15) is 0 Å². The van der Waals surface area contributed by atoms with E-state index in [4.69, 9.17) is 22.3 Å². The summed E-state index contributed by atoms with van der Waals surface area (Å²) in [5.74, 6) is -1.39. The lowest BCUT2D eigenvalue weighted by atomic mass is 10.1. The fourth-order valence-corrected chi connectivity index (χ4v) is 6.87. The van der Waals surface area contributed by atoms with Crippen molar-refractivity contribution in [2.24, 2.45) is 0 Å². The average molecular weight is 680 g/mol. The zero-order chi connectivity index (χ0) is 33.8. The van der Waals surface area contributed by atoms with Crippen molar-refractivity contribution in [3.63, 3.8) is 0 Å². The average Bonchev–Trinajstić information content (AvgIpc) is 3.77. The van der Waals surface area contributed by atoms with E-state index in [0.29, 0.717) is 55.5 Å². The summed E-state index contributed by atoms with van der Waals surface area (Å²) in [4.78, 5) is 33.4. The van der Waals surface area contributed by atoms with Crippen molar-refractivity contribution in [2.45, 2.75) is 31.8 Å². The predicted molar refractivity (Wildman–Crippen MR) is 185 cm³/mol. The molecule has 1 aliphatic heterocycles. The highest BCUT2D eigenvalue weighted by molar-refractivity contribution is 7.71. The van der Waals surface area contributed by atoms with Crippen molar-refractivity contribution in [3.05, 3.63) is 117 Å². The maximum atomic E-state index is 15.6. The van der Waals surface area contributed by atoms with E-state index >= 15 is 4.39 Å². The molecule has 2 atom stereocenters. The number of anilines is 1. The van der Waals surface area contributed by atoms with E-state index < -0.39 is 35.0 Å². The quantitative estimate of drug-likeness (QED) is 0.199. The lowest BCUT2D eigenvalue weighted by molar-refractivity contribution is 0.0694. The fraction of sp³-hybridized carbons (Fsp3) is 0.250. The molecule has 0 bridgehead atoms. The maximum Gasteiger partial charge on any atom is 0.341 e. The van der Waals surface area contributed by atoms with Crippen molar-refractivity contribution in [1.29, 1.82) is 0 Å². The number of hydrogen-bond donors (Lipinski definition) is 1. The van der Waals surface area contributed by atoms with Gasteiger partial charge in [-0.05, 0) is 41.4 Å². The first-order chi connectivity index (χ1) is 23.7. The summed E-state index contributed by atoms with van der Waals surface area (Å²) in [6, 6.07) is 22.1. The monoisotopic (exact) mass is 679 g/mol. The fourth-order valence-electron chi connectivity index (χ4n) is 6.62. The molecule has 1 N–H and O–H groups in total. The van der Waals surface area contributed by atoms with Gasteiger partial charge in [-0.1, -0.05) is 54.6 Å². The summed E-state index contributed by atoms with van der Waals surface area (Å²) in [5.41, 5.74) is 1.12. The van der Waals surface area contributed by atoms with Gasteiger partial charge in [-0.3, -0.25) is 19.2 Å². The van der Waals surface area contributed by atoms with Crippen LogP contribution in [0, 0.1) is 10.6 Å². The van der Waals surface area contributed by atoms with Gasteiger partial charge in [0.25, 0.3) is 0 Å². The number of benzene rings is 3. The maximum absolute atomic E-state index is 15.6. The molecule has 49 heavy (non-hydrogen) atoms. The lowest BCUT2D eigenvalue weighted by Gasteiger charge is -2.36. The van der Waals surface area contributed by atoms with Gasteiger partial charge in [0.1, 0.15) is 23.2 Å². The molecule has 0 radical (unpaired) electrons. The van der Waals surface area contributed by atoms with Crippen LogP contribution in [0.2, 0.25) is 0 Å². The molecule has 1 saturated carbocycles. The second-order valence-corrected chi connectivity index (χ2v) is 12.9. The van der Waals surface area contributed by atoms with Gasteiger partial charge in [-0.15, -0.1) is 5.10 Å². The highest BCUT2D eigenvalue weighted by Gasteiger charge is 2.40. The molecule has 0 unspecified atom stereocenters. The SMILES string of the molecule is O=C(O)c1cn([C@@H]2C[C@@H]2F)c2cc(N3CCN(Cn4nc(-c5cc6ccccc6cn5)n(Cc5ccccc5)c4=S)CC3)c(F)cc2c1=O. The van der Waals surface area contributed by atoms with Crippen molar-refractivity contribution < 1.29 is 18.7 Å². The predicted octanol–water partition coefficient (Wildman–Crippen LogP) is 5.89. The smallest absolute Gasteiger partial charge is 0.341 e. The number of hydrogen-bond acceptors (Lipinski definition) is 7. The molecular formula is C36H31F2N7O3S. The minimum Gasteiger partial charge on any atom is -0.477 e. The van der Waals surface area contributed by atoms with Gasteiger partial charge in [0.05, 0.1) is 30.5 Å². The second-order valence-electron chi connectivity index (χ2n) is 12.6. The van der Waals surface area contributed by atoms with Gasteiger partial charge in [-0.25, -0.2) is 18.3 Å². The number of aromatic nitrogens is 5. The Morgan fingerprint density at radius 1 is 0.980 bits per heavy atom. The second kappa shape index (κ2) is 12.3. The van der Waals surface area contributed by atoms with E-state index in [0.717, 1.165) is 28.1 Å². The number of aromatic carboxylic acids is 1. The summed E-state index contributed by atoms with van der Waals surface area (Å²) in [5, 5.41) is 16.5. The Bertz CT molecular complexity index is 2370. The van der Waals surface area contributed by atoms with E-state index in [9.17, 15) is 19.1 Å². The number of rotatable bonds is 8. The number of alkyl halides is 1. The molecule has 4 heterocycles. The van der Waals surface area contributed by atoms with Crippen LogP contribution >= 0.6 is 12.2 Å². The van der Waals surface area contributed by atoms with Crippen LogP contribution in [-0.2, 0) is 13.2 Å². The van der Waals surface area contributed by atoms with Crippen molar-refractivity contribution >= 4 is 45.5 Å². The molecular weight excluding hydrogens is 649 g/mol. The molecule has 6 aromatic rings. The Labute approximate surface area is 284 Å². The van der Waals surface area contributed by atoms with E-state index in [1.165, 1.54) is 10.8 Å². The first-order valence-electron chi connectivity index (χ1n) is 16.0. The van der Waals surface area contributed by atoms with Crippen LogP contribution in [-0.4, -0.2) is 72.2 Å². The number of carboxylic acids is 1. The summed E-state index contributed by atoms with van der Waals surface area (Å²) in [6.07, 6.45) is 2.09. The van der Waals surface area contributed by atoms with Gasteiger partial charge >= 0.3 is 5.97 Å². The van der Waals surface area contributed by atoms with Gasteiger partial charge in [0.15, 0.2) is 10.6 Å². The molecule has 3 aromatic carbocycles. The number of pyridine rings is 2. The Balaban J connectivity index is 1.06. The topological polar surface area (TPSA) is 101 Å². The van der Waals surface area contributed by atoms with E-state index in [-0.39, 0.29) is 17.5 Å². The number of fused-ring (bicyclic) bond motifs is 2. The van der Waals surface area contributed by atoms with E-state index in [1.807, 2.05) is 76.3 Å². The minimum atomic E-state index is -1.43. The number of halogens is 2. The number of carboxylic acid groups (broad SMARTS) is 1. The van der Waals surface area contributed by atoms with E-state index in [2.05, 4.69) is 4.90 Å². The zero-order valence-electron chi connectivity index (χ0n) is 26.2. The van der Waals surface area contributed by atoms with Gasteiger partial charge < -0.3 is 14.6 Å². The molecule has 1 saturated heterocycles. The van der Waals surface area contributed by atoms with Gasteiger partial charge in [0.2, 0.25) is 5.43 Å². The van der Waals surface area contributed by atoms with Crippen LogP contribution in [0.25, 0.3) is 33.2 Å². The Hall–Kier alpha value is -5.27. The molecule has 248 valence electrons. The summed E-state index contributed by atoms with van der Waals surface area (Å²) >= 11 is 5.98. The Morgan fingerprint density at radius 2 is 1.69 bits per heavy atom. The molecule has 0 spiro atoms. The van der Waals surface area contributed by atoms with Crippen LogP contribution in [0.15, 0.2) is 90.0 Å². The van der Waals surface area contributed by atoms with Crippen molar-refractivity contribution in [1.82, 2.24) is 28.8 Å². The molecule has 1 aliphatic carbocycles. The normalized spacial score (nSPS) is 18.0. The summed E-state index contributed by atoms with van der Waals surface area (Å²) in [7, 11) is 0. The molecule has 8 rings (SSSR count). The highest BCUT2D eigenvalue weighted by atomic mass is 32.1. The first kappa shape index (κ1) is 31.0. The van der Waals surface area contributed by atoms with E-state index in [1.54, 1.807) is 10.7 Å². The standard InChI is InChI=1S/C36H31F2N7O3S/c37-27-15-25-30(43(32-16-28(32)38)20-26(33(25)46)35(47)48)17-31(27)42-12-10-41(11-13-42)21-45-36(49)44(19-22-6-2-1-3-7-22)34(40-45)29-14-23-8-4-5-9-24(23)18-39-29/h1-9,14-15,17-18,20,28,32H,10-13,16,19,21H2,(H,47,48)/t28-,32+/m0/s1. The number of nitrogens with zero attached hydrogens (tertiary/aromatic N) is 7. The first-order valence-corrected chi connectivity index (χ1v) is 16.5. The molecule has 2 aliphatic rings. The van der Waals surface area contributed by atoms with Crippen LogP contribution in [0.1, 0.15) is 28.4 Å². The summed E-state index contributed by atoms with van der Waals surface area (Å²) in [6.45, 7) is 3.06. The Kier molecular flexibility index (Phi) is 7.80. The molecule has 10 nitrogen and oxygen atoms in total. The molecule has 3 aromatic heterocycles. The molecule has 2 fully saturated rings. The third-order valence-corrected chi connectivity index (χ3v) is 9.81. The minimum absolute atomic E-state index is 0.0731. The zero-order valence-corrected chi connectivity index (χ0v) is 27.1. The third kappa shape index (κ3) is 5.78. The van der Waals surface area contributed by atoms with Gasteiger partial charge in [0, 0.05) is 55.8 Å². The van der Waals surface area contributed by atoms with Crippen molar-refractivity contribution in [2.75, 3.05) is 31.1 Å². The van der Waals surface area contributed by atoms with Crippen LogP contribution in [0.5, 0.6) is 0 Å². The van der Waals surface area contributed by atoms with Crippen LogP contribution in [0.4, 0.5) is 14.5 Å². The molecule has 0 amide bonds. The largest absolute Gasteiger partial charge is 0.477 e. The third-order valence-electron chi connectivity index (χ3n) is 9.38. The lowest BCUT2D eigenvalue weighted by Crippen LogP contribution is -2.47. The number of carbonyl (C=O) groups is 1. The van der Waals surface area contributed by atoms with Crippen molar-refractivity contribution in [3.8, 4) is 11.5 Å².